The van der Waals surface area contributed by atoms with Crippen LogP contribution in [0.15, 0.2) is 0 Å². The number of rotatable bonds is 0. The van der Waals surface area contributed by atoms with Gasteiger partial charge in [0.2, 0.25) is 0 Å². The Hall–Kier alpha value is -0.0800. The van der Waals surface area contributed by atoms with Gasteiger partial charge in [-0.2, -0.15) is 0 Å². The molecule has 2 atom stereocenters. The van der Waals surface area contributed by atoms with Crippen LogP contribution in [0.3, 0.4) is 0 Å². The Kier molecular flexibility index (Phi) is 1.74. The monoisotopic (exact) mass is 168 g/mol. The fourth-order valence-corrected chi connectivity index (χ4v) is 2.89. The molecule has 2 saturated heterocycles. The molecule has 70 valence electrons. The van der Waals surface area contributed by atoms with Crippen LogP contribution < -0.4 is 5.32 Å². The first-order valence-electron chi connectivity index (χ1n) is 5.00. The quantitative estimate of drug-likeness (QED) is 0.582. The highest BCUT2D eigenvalue weighted by atomic mass is 15.2. The van der Waals surface area contributed by atoms with Gasteiger partial charge in [-0.15, -0.1) is 0 Å². The average Bonchev–Trinajstić information content (AvgIpc) is 2.30. The van der Waals surface area contributed by atoms with Crippen molar-refractivity contribution in [3.8, 4) is 0 Å². The van der Waals surface area contributed by atoms with E-state index in [0.717, 1.165) is 0 Å². The van der Waals surface area contributed by atoms with Gasteiger partial charge in [-0.3, -0.25) is 4.90 Å². The van der Waals surface area contributed by atoms with E-state index in [1.165, 1.54) is 32.5 Å². The van der Waals surface area contributed by atoms with Crippen LogP contribution in [-0.2, 0) is 0 Å². The molecule has 0 aliphatic carbocycles. The molecule has 2 nitrogen and oxygen atoms in total. The molecule has 2 rings (SSSR count). The van der Waals surface area contributed by atoms with Gasteiger partial charge in [0.1, 0.15) is 0 Å². The molecule has 0 aromatic heterocycles. The van der Waals surface area contributed by atoms with E-state index >= 15 is 0 Å². The molecule has 0 spiro atoms. The number of nitrogens with zero attached hydrogens (tertiary/aromatic N) is 1. The van der Waals surface area contributed by atoms with Crippen molar-refractivity contribution in [2.24, 2.45) is 5.41 Å². The molecule has 12 heavy (non-hydrogen) atoms. The molecule has 2 heteroatoms. The summed E-state index contributed by atoms with van der Waals surface area (Å²) in [6, 6.07) is 0. The third-order valence-corrected chi connectivity index (χ3v) is 4.35. The minimum Gasteiger partial charge on any atom is -0.314 e. The zero-order valence-electron chi connectivity index (χ0n) is 8.48. The first-order chi connectivity index (χ1) is 5.58. The van der Waals surface area contributed by atoms with E-state index in [-0.39, 0.29) is 0 Å². The van der Waals surface area contributed by atoms with E-state index in [1.54, 1.807) is 0 Å². The number of hydrogen-bond donors (Lipinski definition) is 1. The summed E-state index contributed by atoms with van der Waals surface area (Å²) in [7, 11) is 2.27. The van der Waals surface area contributed by atoms with Gasteiger partial charge in [0.05, 0.1) is 0 Å². The molecule has 0 amide bonds. The molecule has 2 aliphatic heterocycles. The van der Waals surface area contributed by atoms with Crippen molar-refractivity contribution in [1.82, 2.24) is 10.2 Å². The molecular formula is C10H20N2. The maximum atomic E-state index is 3.53. The summed E-state index contributed by atoms with van der Waals surface area (Å²) >= 11 is 0. The highest BCUT2D eigenvalue weighted by molar-refractivity contribution is 5.09. The number of hydrogen-bond acceptors (Lipinski definition) is 2. The van der Waals surface area contributed by atoms with E-state index in [0.29, 0.717) is 11.0 Å². The van der Waals surface area contributed by atoms with Crippen LogP contribution in [0, 0.1) is 5.41 Å². The zero-order valence-corrected chi connectivity index (χ0v) is 8.48. The molecular weight excluding hydrogens is 148 g/mol. The summed E-state index contributed by atoms with van der Waals surface area (Å²) in [5.74, 6) is 0. The van der Waals surface area contributed by atoms with Crippen molar-refractivity contribution in [1.29, 1.82) is 0 Å². The smallest absolute Gasteiger partial charge is 0.0368 e. The Labute approximate surface area is 75.3 Å². The standard InChI is InChI=1S/C10H20N2/c1-9-5-4-6-12(3)10(9,2)8-11-7-9/h11H,4-8H2,1-3H3/t9-,10+/m0/s1. The average molecular weight is 168 g/mol. The summed E-state index contributed by atoms with van der Waals surface area (Å²) in [5, 5.41) is 3.53. The van der Waals surface area contributed by atoms with Gasteiger partial charge in [0.25, 0.3) is 0 Å². The predicted octanol–water partition coefficient (Wildman–Crippen LogP) is 1.08. The van der Waals surface area contributed by atoms with Crippen LogP contribution in [0.2, 0.25) is 0 Å². The first kappa shape index (κ1) is 8.52. The predicted molar refractivity (Wildman–Crippen MR) is 51.2 cm³/mol. The number of likely N-dealkylation sites (N-methyl/N-ethyl adjacent to an activating group) is 1. The van der Waals surface area contributed by atoms with Crippen molar-refractivity contribution >= 4 is 0 Å². The summed E-state index contributed by atoms with van der Waals surface area (Å²) in [4.78, 5) is 2.54. The molecule has 0 aromatic rings. The SMILES string of the molecule is CN1CCC[C@@]2(C)CNC[C@@]12C. The number of nitrogens with one attached hydrogen (secondary N) is 1. The largest absolute Gasteiger partial charge is 0.314 e. The second-order valence-corrected chi connectivity index (χ2v) is 4.96. The lowest BCUT2D eigenvalue weighted by atomic mass is 9.68. The van der Waals surface area contributed by atoms with Crippen molar-refractivity contribution in [2.75, 3.05) is 26.7 Å². The van der Waals surface area contributed by atoms with Crippen LogP contribution in [-0.4, -0.2) is 37.1 Å². The first-order valence-corrected chi connectivity index (χ1v) is 5.00. The Morgan fingerprint density at radius 1 is 1.25 bits per heavy atom. The van der Waals surface area contributed by atoms with Crippen molar-refractivity contribution in [3.05, 3.63) is 0 Å². The second-order valence-electron chi connectivity index (χ2n) is 4.96. The van der Waals surface area contributed by atoms with Crippen LogP contribution >= 0.6 is 0 Å². The molecule has 0 aromatic carbocycles. The molecule has 0 bridgehead atoms. The molecule has 0 unspecified atom stereocenters. The van der Waals surface area contributed by atoms with Crippen molar-refractivity contribution in [2.45, 2.75) is 32.2 Å². The number of fused-ring (bicyclic) bond motifs is 1. The van der Waals surface area contributed by atoms with E-state index in [2.05, 4.69) is 31.1 Å². The minimum atomic E-state index is 0.408. The van der Waals surface area contributed by atoms with Gasteiger partial charge >= 0.3 is 0 Å². The van der Waals surface area contributed by atoms with Crippen LogP contribution in [0.4, 0.5) is 0 Å². The van der Waals surface area contributed by atoms with Gasteiger partial charge in [0.15, 0.2) is 0 Å². The summed E-state index contributed by atoms with van der Waals surface area (Å²) in [5.41, 5.74) is 0.922. The Morgan fingerprint density at radius 3 is 2.67 bits per heavy atom. The van der Waals surface area contributed by atoms with Crippen LogP contribution in [0.5, 0.6) is 0 Å². The van der Waals surface area contributed by atoms with E-state index in [9.17, 15) is 0 Å². The van der Waals surface area contributed by atoms with Gasteiger partial charge < -0.3 is 5.32 Å². The van der Waals surface area contributed by atoms with Crippen molar-refractivity contribution in [3.63, 3.8) is 0 Å². The molecule has 2 fully saturated rings. The van der Waals surface area contributed by atoms with E-state index < -0.39 is 0 Å². The lowest BCUT2D eigenvalue weighted by Gasteiger charge is -2.50. The van der Waals surface area contributed by atoms with Gasteiger partial charge in [0, 0.05) is 18.6 Å². The third kappa shape index (κ3) is 0.882. The zero-order chi connectivity index (χ0) is 8.82. The fourth-order valence-electron chi connectivity index (χ4n) is 2.89. The lowest BCUT2D eigenvalue weighted by Crippen LogP contribution is -2.58. The highest BCUT2D eigenvalue weighted by Crippen LogP contribution is 2.45. The third-order valence-electron chi connectivity index (χ3n) is 4.35. The topological polar surface area (TPSA) is 15.3 Å². The van der Waals surface area contributed by atoms with Gasteiger partial charge in [-0.05, 0) is 38.8 Å². The Morgan fingerprint density at radius 2 is 2.00 bits per heavy atom. The normalized spacial score (nSPS) is 49.2. The molecule has 2 heterocycles. The van der Waals surface area contributed by atoms with Gasteiger partial charge in [-0.1, -0.05) is 6.92 Å². The minimum absolute atomic E-state index is 0.408. The lowest BCUT2D eigenvalue weighted by molar-refractivity contribution is 0.00308. The molecule has 2 aliphatic rings. The molecule has 0 radical (unpaired) electrons. The van der Waals surface area contributed by atoms with Crippen molar-refractivity contribution < 1.29 is 0 Å². The second kappa shape index (κ2) is 2.46. The fraction of sp³-hybridized carbons (Fsp3) is 1.00. The number of piperidine rings is 1. The van der Waals surface area contributed by atoms with Gasteiger partial charge in [-0.25, -0.2) is 0 Å². The highest BCUT2D eigenvalue weighted by Gasteiger charge is 2.52. The summed E-state index contributed by atoms with van der Waals surface area (Å²) < 4.78 is 0. The molecule has 0 saturated carbocycles. The number of likely N-dealkylation sites (tertiary alicyclic amines) is 1. The summed E-state index contributed by atoms with van der Waals surface area (Å²) in [6.45, 7) is 8.48. The van der Waals surface area contributed by atoms with E-state index in [4.69, 9.17) is 0 Å². The Bertz CT molecular complexity index is 192. The van der Waals surface area contributed by atoms with Crippen LogP contribution in [0.25, 0.3) is 0 Å². The maximum Gasteiger partial charge on any atom is 0.0368 e. The Balaban J connectivity index is 2.30. The molecule has 1 N–H and O–H groups in total. The van der Waals surface area contributed by atoms with E-state index in [1.807, 2.05) is 0 Å². The maximum absolute atomic E-state index is 3.53. The van der Waals surface area contributed by atoms with Crippen LogP contribution in [0.1, 0.15) is 26.7 Å². The summed E-state index contributed by atoms with van der Waals surface area (Å²) in [6.07, 6.45) is 2.76.